The number of nitrogens with one attached hydrogen (secondary N) is 1. The monoisotopic (exact) mass is 760 g/mol. The molecule has 1 heterocycles. The molecule has 8 heteroatoms. The van der Waals surface area contributed by atoms with Gasteiger partial charge in [0.15, 0.2) is 0 Å². The number of carbonyl (C=O) groups is 1. The Balaban J connectivity index is 1.69. The van der Waals surface area contributed by atoms with Crippen molar-refractivity contribution in [2.24, 2.45) is 16.3 Å². The summed E-state index contributed by atoms with van der Waals surface area (Å²) in [5.74, 6) is 1.36. The van der Waals surface area contributed by atoms with E-state index in [2.05, 4.69) is 83.4 Å². The highest BCUT2D eigenvalue weighted by molar-refractivity contribution is 14.1. The molecule has 1 aromatic heterocycles. The van der Waals surface area contributed by atoms with Crippen LogP contribution in [0.15, 0.2) is 41.4 Å². The zero-order chi connectivity index (χ0) is 26.9. The molecule has 1 aliphatic carbocycles. The Hall–Kier alpha value is -1.17. The quantitative estimate of drug-likeness (QED) is 0.201. The minimum absolute atomic E-state index is 0.109. The lowest BCUT2D eigenvalue weighted by molar-refractivity contribution is 0.102. The average molecular weight is 761 g/mol. The van der Waals surface area contributed by atoms with Gasteiger partial charge in [-0.05, 0) is 137 Å². The predicted molar refractivity (Wildman–Crippen MR) is 174 cm³/mol. The van der Waals surface area contributed by atoms with Gasteiger partial charge in [-0.25, -0.2) is 4.99 Å². The number of amides is 1. The molecule has 3 aromatic rings. The summed E-state index contributed by atoms with van der Waals surface area (Å²) in [6.07, 6.45) is 4.92. The minimum atomic E-state index is -0.119. The Labute approximate surface area is 255 Å². The van der Waals surface area contributed by atoms with E-state index >= 15 is 0 Å². The largest absolute Gasteiger partial charge is 0.489 e. The molecule has 0 saturated heterocycles. The Morgan fingerprint density at radius 3 is 2.43 bits per heavy atom. The fourth-order valence-corrected chi connectivity index (χ4v) is 7.96. The molecule has 196 valence electrons. The number of anilines is 1. The maximum atomic E-state index is 13.6. The SMILES string of the molecule is CC(C)Oc1c(I)cc(C=Nc2sc3c(c2C(=O)Nc2ccc(Cl)cc2)CC[C@@H](C(C)(C)C)C3)cc1I. The third kappa shape index (κ3) is 7.08. The van der Waals surface area contributed by atoms with Crippen LogP contribution < -0.4 is 10.1 Å². The van der Waals surface area contributed by atoms with Gasteiger partial charge in [0, 0.05) is 21.8 Å². The molecule has 2 aromatic carbocycles. The summed E-state index contributed by atoms with van der Waals surface area (Å²) in [5.41, 5.74) is 3.77. The van der Waals surface area contributed by atoms with Crippen molar-refractivity contribution in [3.05, 3.63) is 70.1 Å². The van der Waals surface area contributed by atoms with Crippen molar-refractivity contribution in [3.63, 3.8) is 0 Å². The molecule has 0 spiro atoms. The van der Waals surface area contributed by atoms with E-state index < -0.39 is 0 Å². The van der Waals surface area contributed by atoms with Crippen LogP contribution in [-0.2, 0) is 12.8 Å². The van der Waals surface area contributed by atoms with Crippen molar-refractivity contribution >= 4 is 90.9 Å². The summed E-state index contributed by atoms with van der Waals surface area (Å²) >= 11 is 12.3. The predicted octanol–water partition coefficient (Wildman–Crippen LogP) is 9.55. The lowest BCUT2D eigenvalue weighted by atomic mass is 9.72. The molecular weight excluding hydrogens is 730 g/mol. The number of thiophene rings is 1. The van der Waals surface area contributed by atoms with Crippen molar-refractivity contribution in [2.75, 3.05) is 5.32 Å². The van der Waals surface area contributed by atoms with Crippen molar-refractivity contribution in [1.82, 2.24) is 0 Å². The van der Waals surface area contributed by atoms with Crippen LogP contribution in [0.25, 0.3) is 0 Å². The smallest absolute Gasteiger partial charge is 0.259 e. The first kappa shape index (κ1) is 28.8. The molecule has 1 atom stereocenters. The number of fused-ring (bicyclic) bond motifs is 1. The number of benzene rings is 2. The van der Waals surface area contributed by atoms with E-state index in [9.17, 15) is 4.79 Å². The molecule has 4 nitrogen and oxygen atoms in total. The first-order valence-electron chi connectivity index (χ1n) is 12.3. The van der Waals surface area contributed by atoms with Crippen LogP contribution in [-0.4, -0.2) is 18.2 Å². The number of rotatable bonds is 6. The fraction of sp³-hybridized carbons (Fsp3) is 0.379. The minimum Gasteiger partial charge on any atom is -0.489 e. The van der Waals surface area contributed by atoms with E-state index in [1.54, 1.807) is 23.5 Å². The number of aliphatic imine (C=N–C) groups is 1. The number of hydrogen-bond acceptors (Lipinski definition) is 4. The summed E-state index contributed by atoms with van der Waals surface area (Å²) in [4.78, 5) is 19.7. The molecule has 4 rings (SSSR count). The lowest BCUT2D eigenvalue weighted by Gasteiger charge is -2.33. The second-order valence-corrected chi connectivity index (χ2v) is 14.5. The van der Waals surface area contributed by atoms with Crippen LogP contribution in [0.3, 0.4) is 0 Å². The summed E-state index contributed by atoms with van der Waals surface area (Å²) in [6.45, 7) is 11.0. The van der Waals surface area contributed by atoms with Crippen LogP contribution in [0.4, 0.5) is 10.7 Å². The Bertz CT molecular complexity index is 1300. The molecule has 0 bridgehead atoms. The Morgan fingerprint density at radius 2 is 1.84 bits per heavy atom. The van der Waals surface area contributed by atoms with E-state index in [1.807, 2.05) is 32.2 Å². The molecular formula is C29H31ClI2N2O2S. The third-order valence-electron chi connectivity index (χ3n) is 6.51. The molecule has 0 unspecified atom stereocenters. The van der Waals surface area contributed by atoms with Gasteiger partial charge in [0.2, 0.25) is 0 Å². The highest BCUT2D eigenvalue weighted by atomic mass is 127. The maximum Gasteiger partial charge on any atom is 0.259 e. The van der Waals surface area contributed by atoms with Gasteiger partial charge in [0.25, 0.3) is 5.91 Å². The number of nitrogens with zero attached hydrogens (tertiary/aromatic N) is 1. The number of ether oxygens (including phenoxy) is 1. The second-order valence-electron chi connectivity index (χ2n) is 10.7. The van der Waals surface area contributed by atoms with Crippen molar-refractivity contribution in [3.8, 4) is 5.75 Å². The van der Waals surface area contributed by atoms with Gasteiger partial charge >= 0.3 is 0 Å². The lowest BCUT2D eigenvalue weighted by Crippen LogP contribution is -2.27. The number of hydrogen-bond donors (Lipinski definition) is 1. The summed E-state index contributed by atoms with van der Waals surface area (Å²) < 4.78 is 8.06. The summed E-state index contributed by atoms with van der Waals surface area (Å²) in [7, 11) is 0. The maximum absolute atomic E-state index is 13.6. The molecule has 1 amide bonds. The molecule has 37 heavy (non-hydrogen) atoms. The highest BCUT2D eigenvalue weighted by Gasteiger charge is 2.33. The second kappa shape index (κ2) is 11.9. The van der Waals surface area contributed by atoms with Crippen LogP contribution in [0, 0.1) is 18.5 Å². The van der Waals surface area contributed by atoms with Crippen molar-refractivity contribution < 1.29 is 9.53 Å². The Morgan fingerprint density at radius 1 is 1.19 bits per heavy atom. The average Bonchev–Trinajstić information content (AvgIpc) is 3.18. The van der Waals surface area contributed by atoms with Gasteiger partial charge in [-0.1, -0.05) is 32.4 Å². The first-order chi connectivity index (χ1) is 17.4. The zero-order valence-corrected chi connectivity index (χ0v) is 27.5. The Kier molecular flexibility index (Phi) is 9.29. The van der Waals surface area contributed by atoms with Gasteiger partial charge < -0.3 is 10.1 Å². The fourth-order valence-electron chi connectivity index (χ4n) is 4.50. The van der Waals surface area contributed by atoms with E-state index in [0.29, 0.717) is 16.5 Å². The van der Waals surface area contributed by atoms with Gasteiger partial charge in [-0.2, -0.15) is 0 Å². The molecule has 0 saturated carbocycles. The first-order valence-corrected chi connectivity index (χ1v) is 15.7. The molecule has 0 fully saturated rings. The number of halogens is 3. The van der Waals surface area contributed by atoms with Gasteiger partial charge in [0.1, 0.15) is 10.8 Å². The van der Waals surface area contributed by atoms with Crippen LogP contribution >= 0.6 is 68.1 Å². The van der Waals surface area contributed by atoms with Crippen molar-refractivity contribution in [2.45, 2.75) is 60.0 Å². The van der Waals surface area contributed by atoms with Crippen molar-refractivity contribution in [1.29, 1.82) is 0 Å². The topological polar surface area (TPSA) is 50.7 Å². The molecule has 0 aliphatic heterocycles. The number of carbonyl (C=O) groups excluding carboxylic acids is 1. The normalized spacial score (nSPS) is 15.8. The summed E-state index contributed by atoms with van der Waals surface area (Å²) in [6, 6.07) is 11.3. The zero-order valence-electron chi connectivity index (χ0n) is 21.6. The van der Waals surface area contributed by atoms with E-state index in [0.717, 1.165) is 54.0 Å². The van der Waals surface area contributed by atoms with E-state index in [4.69, 9.17) is 21.3 Å². The van der Waals surface area contributed by atoms with Crippen LogP contribution in [0.5, 0.6) is 5.75 Å². The van der Waals surface area contributed by atoms with Gasteiger partial charge in [0.05, 0.1) is 18.8 Å². The van der Waals surface area contributed by atoms with E-state index in [1.165, 1.54) is 4.88 Å². The van der Waals surface area contributed by atoms with Gasteiger partial charge in [-0.3, -0.25) is 4.79 Å². The molecule has 0 radical (unpaired) electrons. The third-order valence-corrected chi connectivity index (χ3v) is 9.52. The molecule has 1 N–H and O–H groups in total. The standard InChI is InChI=1S/C29H31ClI2N2O2S/c1-16(2)36-26-22(31)12-17(13-23(26)32)15-33-28-25(27(35)34-20-9-7-19(30)8-10-20)21-11-6-18(29(3,4)5)14-24(21)37-28/h7-10,12-13,15-16,18H,6,11,14H2,1-5H3,(H,34,35)/t18-/m1/s1. The van der Waals surface area contributed by atoms with Crippen LogP contribution in [0.1, 0.15) is 67.4 Å². The highest BCUT2D eigenvalue weighted by Crippen LogP contribution is 2.45. The van der Waals surface area contributed by atoms with Gasteiger partial charge in [-0.15, -0.1) is 11.3 Å². The van der Waals surface area contributed by atoms with E-state index in [-0.39, 0.29) is 17.4 Å². The van der Waals surface area contributed by atoms with Crippen LogP contribution in [0.2, 0.25) is 5.02 Å². The summed E-state index contributed by atoms with van der Waals surface area (Å²) in [5, 5.41) is 4.46. The molecule has 1 aliphatic rings.